The van der Waals surface area contributed by atoms with Crippen molar-refractivity contribution in [2.24, 2.45) is 0 Å². The highest BCUT2D eigenvalue weighted by Crippen LogP contribution is 2.28. The molecule has 0 spiro atoms. The maximum Gasteiger partial charge on any atom is 0.192 e. The van der Waals surface area contributed by atoms with E-state index in [9.17, 15) is 0 Å². The summed E-state index contributed by atoms with van der Waals surface area (Å²) in [6.07, 6.45) is 0. The summed E-state index contributed by atoms with van der Waals surface area (Å²) in [5.41, 5.74) is 1.17. The molecule has 2 nitrogen and oxygen atoms in total. The van der Waals surface area contributed by atoms with Crippen LogP contribution in [0.4, 0.5) is 0 Å². The average Bonchev–Trinajstić information content (AvgIpc) is 2.04. The minimum atomic E-state index is 0.763. The van der Waals surface area contributed by atoms with Crippen molar-refractivity contribution in [3.05, 3.63) is 23.8 Å². The largest absolute Gasteiger partial charge is 0.493 e. The number of hydrogen-bond donors (Lipinski definition) is 0. The van der Waals surface area contributed by atoms with Gasteiger partial charge in [0, 0.05) is 0 Å². The highest BCUT2D eigenvalue weighted by atomic mass is 127. The highest BCUT2D eigenvalue weighted by molar-refractivity contribution is 14.1. The second-order valence-corrected chi connectivity index (χ2v) is 2.67. The number of rotatable bonds is 2. The van der Waals surface area contributed by atoms with Gasteiger partial charge in [-0.05, 0) is 24.6 Å². The predicted molar refractivity (Wildman–Crippen MR) is 52.4 cm³/mol. The Morgan fingerprint density at radius 2 is 2.00 bits per heavy atom. The Kier molecular flexibility index (Phi) is 2.99. The first-order chi connectivity index (χ1) is 5.27. The fourth-order valence-electron chi connectivity index (χ4n) is 0.839. The Morgan fingerprint density at radius 3 is 2.55 bits per heavy atom. The molecule has 0 saturated heterocycles. The smallest absolute Gasteiger partial charge is 0.192 e. The lowest BCUT2D eigenvalue weighted by atomic mass is 10.2. The Hall–Kier alpha value is -0.450. The molecular formula is C8H9IO2. The summed E-state index contributed by atoms with van der Waals surface area (Å²) in [5.74, 6) is 1.54. The maximum absolute atomic E-state index is 5.09. The number of ether oxygens (including phenoxy) is 1. The molecule has 0 aliphatic carbocycles. The monoisotopic (exact) mass is 264 g/mol. The zero-order valence-electron chi connectivity index (χ0n) is 6.43. The quantitative estimate of drug-likeness (QED) is 0.764. The number of aryl methyl sites for hydroxylation is 1. The summed E-state index contributed by atoms with van der Waals surface area (Å²) in [6.45, 7) is 2.01. The molecule has 0 aromatic heterocycles. The van der Waals surface area contributed by atoms with E-state index in [1.165, 1.54) is 5.56 Å². The van der Waals surface area contributed by atoms with Crippen LogP contribution in [0.15, 0.2) is 18.2 Å². The van der Waals surface area contributed by atoms with Gasteiger partial charge in [0.1, 0.15) is 0 Å². The summed E-state index contributed by atoms with van der Waals surface area (Å²) in [5, 5.41) is 0. The minimum Gasteiger partial charge on any atom is -0.493 e. The van der Waals surface area contributed by atoms with Gasteiger partial charge in [0.15, 0.2) is 34.5 Å². The van der Waals surface area contributed by atoms with Crippen LogP contribution in [-0.4, -0.2) is 7.11 Å². The van der Waals surface area contributed by atoms with Gasteiger partial charge >= 0.3 is 0 Å². The van der Waals surface area contributed by atoms with E-state index in [1.54, 1.807) is 7.11 Å². The molecule has 0 aliphatic heterocycles. The van der Waals surface area contributed by atoms with Gasteiger partial charge in [0.25, 0.3) is 0 Å². The third-order valence-electron chi connectivity index (χ3n) is 1.40. The summed E-state index contributed by atoms with van der Waals surface area (Å²) < 4.78 is 10.1. The lowest BCUT2D eigenvalue weighted by Crippen LogP contribution is -1.86. The topological polar surface area (TPSA) is 18.5 Å². The Labute approximate surface area is 80.2 Å². The number of hydrogen-bond acceptors (Lipinski definition) is 2. The lowest BCUT2D eigenvalue weighted by Gasteiger charge is -2.05. The van der Waals surface area contributed by atoms with E-state index in [4.69, 9.17) is 7.80 Å². The Morgan fingerprint density at radius 1 is 1.27 bits per heavy atom. The van der Waals surface area contributed by atoms with Gasteiger partial charge in [-0.25, -0.2) is 0 Å². The molecule has 0 aliphatic rings. The SMILES string of the molecule is COc1cc(C)ccc1OI. The first kappa shape index (κ1) is 8.64. The third-order valence-corrected chi connectivity index (χ3v) is 1.88. The van der Waals surface area contributed by atoms with E-state index >= 15 is 0 Å². The van der Waals surface area contributed by atoms with Crippen LogP contribution in [0.3, 0.4) is 0 Å². The van der Waals surface area contributed by atoms with E-state index < -0.39 is 0 Å². The minimum absolute atomic E-state index is 0.763. The molecule has 0 radical (unpaired) electrons. The first-order valence-corrected chi connectivity index (χ1v) is 4.09. The molecule has 0 amide bonds. The van der Waals surface area contributed by atoms with Gasteiger partial charge in [-0.1, -0.05) is 6.07 Å². The van der Waals surface area contributed by atoms with Crippen LogP contribution in [-0.2, 0) is 0 Å². The molecule has 0 unspecified atom stereocenters. The van der Waals surface area contributed by atoms with Gasteiger partial charge in [-0.2, -0.15) is 0 Å². The third kappa shape index (κ3) is 1.99. The molecule has 11 heavy (non-hydrogen) atoms. The summed E-state index contributed by atoms with van der Waals surface area (Å²) in [7, 11) is 1.63. The van der Waals surface area contributed by atoms with Gasteiger partial charge in [-0.3, -0.25) is 0 Å². The van der Waals surface area contributed by atoms with Crippen LogP contribution in [0.25, 0.3) is 0 Å². The molecule has 1 rings (SSSR count). The number of halogens is 1. The molecule has 60 valence electrons. The fraction of sp³-hybridized carbons (Fsp3) is 0.250. The summed E-state index contributed by atoms with van der Waals surface area (Å²) in [4.78, 5) is 0. The van der Waals surface area contributed by atoms with Crippen LogP contribution in [0, 0.1) is 6.92 Å². The van der Waals surface area contributed by atoms with Crippen molar-refractivity contribution in [1.29, 1.82) is 0 Å². The van der Waals surface area contributed by atoms with Crippen LogP contribution in [0.1, 0.15) is 5.56 Å². The predicted octanol–water partition coefficient (Wildman–Crippen LogP) is 2.73. The van der Waals surface area contributed by atoms with Crippen LogP contribution >= 0.6 is 23.0 Å². The van der Waals surface area contributed by atoms with Crippen molar-refractivity contribution in [2.45, 2.75) is 6.92 Å². The molecule has 3 heteroatoms. The van der Waals surface area contributed by atoms with Gasteiger partial charge in [0.2, 0.25) is 0 Å². The molecule has 0 bridgehead atoms. The molecule has 0 heterocycles. The standard InChI is InChI=1S/C8H9IO2/c1-6-3-4-7(11-9)8(5-6)10-2/h3-5H,1-2H3. The maximum atomic E-state index is 5.09. The van der Waals surface area contributed by atoms with Crippen LogP contribution < -0.4 is 7.80 Å². The fourth-order valence-corrected chi connectivity index (χ4v) is 1.20. The molecular weight excluding hydrogens is 255 g/mol. The van der Waals surface area contributed by atoms with Gasteiger partial charge in [0.05, 0.1) is 7.11 Å². The highest BCUT2D eigenvalue weighted by Gasteiger charge is 2.01. The lowest BCUT2D eigenvalue weighted by molar-refractivity contribution is 0.403. The average molecular weight is 264 g/mol. The van der Waals surface area contributed by atoms with E-state index in [0.29, 0.717) is 0 Å². The van der Waals surface area contributed by atoms with Crippen LogP contribution in [0.2, 0.25) is 0 Å². The van der Waals surface area contributed by atoms with Crippen molar-refractivity contribution in [1.82, 2.24) is 0 Å². The van der Waals surface area contributed by atoms with E-state index in [-0.39, 0.29) is 0 Å². The first-order valence-electron chi connectivity index (χ1n) is 3.21. The molecule has 1 aromatic rings. The number of benzene rings is 1. The van der Waals surface area contributed by atoms with Crippen molar-refractivity contribution >= 4 is 23.0 Å². The summed E-state index contributed by atoms with van der Waals surface area (Å²) >= 11 is 1.83. The number of methoxy groups -OCH3 is 1. The Bertz CT molecular complexity index is 248. The zero-order valence-corrected chi connectivity index (χ0v) is 8.58. The second kappa shape index (κ2) is 3.80. The summed E-state index contributed by atoms with van der Waals surface area (Å²) in [6, 6.07) is 5.81. The van der Waals surface area contributed by atoms with Crippen molar-refractivity contribution in [2.75, 3.05) is 7.11 Å². The van der Waals surface area contributed by atoms with Gasteiger partial charge in [-0.15, -0.1) is 0 Å². The second-order valence-electron chi connectivity index (χ2n) is 2.23. The van der Waals surface area contributed by atoms with E-state index in [1.807, 2.05) is 48.1 Å². The molecule has 0 fully saturated rings. The molecule has 1 aromatic carbocycles. The van der Waals surface area contributed by atoms with Gasteiger partial charge < -0.3 is 7.80 Å². The molecule has 0 N–H and O–H groups in total. The zero-order chi connectivity index (χ0) is 8.27. The Balaban J connectivity index is 3.06. The normalized spacial score (nSPS) is 9.36. The molecule has 0 atom stereocenters. The van der Waals surface area contributed by atoms with Crippen molar-refractivity contribution in [3.8, 4) is 11.5 Å². The van der Waals surface area contributed by atoms with Crippen LogP contribution in [0.5, 0.6) is 11.5 Å². The van der Waals surface area contributed by atoms with Crippen molar-refractivity contribution < 1.29 is 7.80 Å². The molecule has 0 saturated carbocycles. The van der Waals surface area contributed by atoms with Crippen molar-refractivity contribution in [3.63, 3.8) is 0 Å². The van der Waals surface area contributed by atoms with E-state index in [2.05, 4.69) is 0 Å². The van der Waals surface area contributed by atoms with E-state index in [0.717, 1.165) is 11.5 Å².